The molecule has 7 heteroatoms. The Bertz CT molecular complexity index is 742. The van der Waals surface area contributed by atoms with E-state index < -0.39 is 11.2 Å². The minimum Gasteiger partial charge on any atom is -0.508 e. The summed E-state index contributed by atoms with van der Waals surface area (Å²) in [6.07, 6.45) is 1.34. The van der Waals surface area contributed by atoms with Gasteiger partial charge in [-0.15, -0.1) is 0 Å². The van der Waals surface area contributed by atoms with Crippen molar-refractivity contribution in [3.8, 4) is 5.75 Å². The van der Waals surface area contributed by atoms with Crippen molar-refractivity contribution in [1.29, 1.82) is 0 Å². The van der Waals surface area contributed by atoms with E-state index in [4.69, 9.17) is 5.11 Å². The molecule has 3 aromatic rings. The van der Waals surface area contributed by atoms with E-state index >= 15 is 0 Å². The van der Waals surface area contributed by atoms with Crippen molar-refractivity contribution in [2.45, 2.75) is 0 Å². The summed E-state index contributed by atoms with van der Waals surface area (Å²) in [6, 6.07) is 8.71. The fourth-order valence-electron chi connectivity index (χ4n) is 1.29. The molecule has 4 N–H and O–H groups in total. The number of aromatic hydroxyl groups is 1. The smallest absolute Gasteiger partial charge is 0.327 e. The molecule has 92 valence electrons. The number of hydrogen-bond donors (Lipinski definition) is 4. The van der Waals surface area contributed by atoms with Crippen LogP contribution in [0.2, 0.25) is 0 Å². The Labute approximate surface area is 100 Å². The van der Waals surface area contributed by atoms with Gasteiger partial charge in [-0.2, -0.15) is 0 Å². The number of imidazole rings is 1. The Balaban J connectivity index is 0.000000149. The molecular weight excluding hydrogens is 236 g/mol. The van der Waals surface area contributed by atoms with Crippen LogP contribution < -0.4 is 11.2 Å². The first kappa shape index (κ1) is 11.6. The number of rotatable bonds is 0. The first-order valence-electron chi connectivity index (χ1n) is 5.06. The SMILES string of the molecule is O=c1[nH]c(=O)c2[nH]cnc2[nH]1.Oc1ccccc1. The molecule has 0 saturated carbocycles. The number of hydrogen-bond acceptors (Lipinski definition) is 4. The average Bonchev–Trinajstić information content (AvgIpc) is 2.79. The molecule has 18 heavy (non-hydrogen) atoms. The monoisotopic (exact) mass is 246 g/mol. The third kappa shape index (κ3) is 2.64. The highest BCUT2D eigenvalue weighted by Gasteiger charge is 1.99. The van der Waals surface area contributed by atoms with E-state index in [9.17, 15) is 9.59 Å². The van der Waals surface area contributed by atoms with Gasteiger partial charge in [-0.3, -0.25) is 14.8 Å². The van der Waals surface area contributed by atoms with Gasteiger partial charge in [0.2, 0.25) is 0 Å². The van der Waals surface area contributed by atoms with Gasteiger partial charge < -0.3 is 10.1 Å². The third-order valence-electron chi connectivity index (χ3n) is 2.08. The number of nitrogens with one attached hydrogen (secondary N) is 3. The van der Waals surface area contributed by atoms with Gasteiger partial charge in [0.05, 0.1) is 6.33 Å². The third-order valence-corrected chi connectivity index (χ3v) is 2.08. The molecule has 3 rings (SSSR count). The molecule has 0 spiro atoms. The van der Waals surface area contributed by atoms with Crippen molar-refractivity contribution in [3.63, 3.8) is 0 Å². The zero-order chi connectivity index (χ0) is 13.0. The van der Waals surface area contributed by atoms with Crippen LogP contribution in [0.25, 0.3) is 11.2 Å². The van der Waals surface area contributed by atoms with Crippen molar-refractivity contribution in [2.24, 2.45) is 0 Å². The fourth-order valence-corrected chi connectivity index (χ4v) is 1.29. The zero-order valence-electron chi connectivity index (χ0n) is 9.18. The minimum absolute atomic E-state index is 0.277. The lowest BCUT2D eigenvalue weighted by Crippen LogP contribution is -2.21. The Hall–Kier alpha value is -2.83. The lowest BCUT2D eigenvalue weighted by atomic mass is 10.3. The van der Waals surface area contributed by atoms with Crippen LogP contribution in [-0.2, 0) is 0 Å². The molecule has 2 heterocycles. The maximum atomic E-state index is 10.9. The van der Waals surface area contributed by atoms with Gasteiger partial charge in [-0.05, 0) is 12.1 Å². The molecule has 0 atom stereocenters. The molecular formula is C11H10N4O3. The van der Waals surface area contributed by atoms with Gasteiger partial charge in [0.15, 0.2) is 5.65 Å². The minimum atomic E-state index is -0.547. The number of aromatic amines is 3. The summed E-state index contributed by atoms with van der Waals surface area (Å²) < 4.78 is 0. The highest BCUT2D eigenvalue weighted by molar-refractivity contribution is 5.67. The van der Waals surface area contributed by atoms with E-state index in [-0.39, 0.29) is 11.2 Å². The molecule has 0 unspecified atom stereocenters. The van der Waals surface area contributed by atoms with Gasteiger partial charge in [0.1, 0.15) is 11.3 Å². The second-order valence-electron chi connectivity index (χ2n) is 3.37. The highest BCUT2D eigenvalue weighted by Crippen LogP contribution is 2.02. The van der Waals surface area contributed by atoms with E-state index in [1.165, 1.54) is 6.33 Å². The Kier molecular flexibility index (Phi) is 3.24. The van der Waals surface area contributed by atoms with Crippen molar-refractivity contribution in [2.75, 3.05) is 0 Å². The number of aromatic nitrogens is 4. The molecule has 7 nitrogen and oxygen atoms in total. The first-order chi connectivity index (χ1) is 8.66. The van der Waals surface area contributed by atoms with Crippen LogP contribution in [0.5, 0.6) is 5.75 Å². The summed E-state index contributed by atoms with van der Waals surface area (Å²) in [7, 11) is 0. The van der Waals surface area contributed by atoms with E-state index in [1.54, 1.807) is 24.3 Å². The summed E-state index contributed by atoms with van der Waals surface area (Å²) >= 11 is 0. The van der Waals surface area contributed by atoms with Crippen LogP contribution in [0.3, 0.4) is 0 Å². The van der Waals surface area contributed by atoms with Gasteiger partial charge in [-0.1, -0.05) is 18.2 Å². The Morgan fingerprint density at radius 1 is 1.06 bits per heavy atom. The van der Waals surface area contributed by atoms with Crippen LogP contribution in [0.4, 0.5) is 0 Å². The summed E-state index contributed by atoms with van der Waals surface area (Å²) in [5, 5.41) is 8.63. The van der Waals surface area contributed by atoms with Crippen LogP contribution >= 0.6 is 0 Å². The summed E-state index contributed by atoms with van der Waals surface area (Å²) in [5.74, 6) is 0.322. The second kappa shape index (κ2) is 5.00. The predicted molar refractivity (Wildman–Crippen MR) is 65.4 cm³/mol. The predicted octanol–water partition coefficient (Wildman–Crippen LogP) is 0.332. The van der Waals surface area contributed by atoms with Gasteiger partial charge in [0, 0.05) is 0 Å². The maximum absolute atomic E-state index is 10.9. The van der Waals surface area contributed by atoms with Gasteiger partial charge >= 0.3 is 5.69 Å². The molecule has 1 aromatic carbocycles. The Morgan fingerprint density at radius 3 is 2.39 bits per heavy atom. The van der Waals surface area contributed by atoms with E-state index in [0.717, 1.165) is 0 Å². The topological polar surface area (TPSA) is 115 Å². The average molecular weight is 246 g/mol. The van der Waals surface area contributed by atoms with Crippen LogP contribution in [0, 0.1) is 0 Å². The first-order valence-corrected chi connectivity index (χ1v) is 5.06. The molecule has 0 fully saturated rings. The molecule has 0 aliphatic heterocycles. The second-order valence-corrected chi connectivity index (χ2v) is 3.37. The van der Waals surface area contributed by atoms with E-state index in [0.29, 0.717) is 5.75 Å². The molecule has 0 saturated heterocycles. The highest BCUT2D eigenvalue weighted by atomic mass is 16.3. The van der Waals surface area contributed by atoms with Crippen LogP contribution in [0.15, 0.2) is 46.2 Å². The van der Waals surface area contributed by atoms with Crippen molar-refractivity contribution in [1.82, 2.24) is 19.9 Å². The van der Waals surface area contributed by atoms with E-state index in [2.05, 4.69) is 19.9 Å². The van der Waals surface area contributed by atoms with Crippen LogP contribution in [-0.4, -0.2) is 25.0 Å². The number of nitrogens with zero attached hydrogens (tertiary/aromatic N) is 1. The summed E-state index contributed by atoms with van der Waals surface area (Å²) in [4.78, 5) is 32.3. The van der Waals surface area contributed by atoms with Gasteiger partial charge in [0.25, 0.3) is 5.56 Å². The molecule has 0 aliphatic carbocycles. The number of para-hydroxylation sites is 1. The van der Waals surface area contributed by atoms with Gasteiger partial charge in [-0.25, -0.2) is 9.78 Å². The molecule has 0 radical (unpaired) electrons. The quantitative estimate of drug-likeness (QED) is 0.457. The van der Waals surface area contributed by atoms with Crippen molar-refractivity contribution < 1.29 is 5.11 Å². The summed E-state index contributed by atoms with van der Waals surface area (Å²) in [5.41, 5.74) is -0.445. The fraction of sp³-hybridized carbons (Fsp3) is 0. The normalized spacial score (nSPS) is 9.78. The number of phenolic OH excluding ortho intramolecular Hbond substituents is 1. The summed E-state index contributed by atoms with van der Waals surface area (Å²) in [6.45, 7) is 0. The zero-order valence-corrected chi connectivity index (χ0v) is 9.18. The van der Waals surface area contributed by atoms with Crippen LogP contribution in [0.1, 0.15) is 0 Å². The molecule has 0 amide bonds. The number of benzene rings is 1. The molecule has 0 aliphatic rings. The Morgan fingerprint density at radius 2 is 1.78 bits per heavy atom. The standard InChI is InChI=1S/C6H6O.C5H4N4O2/c7-6-4-2-1-3-5-6;10-4-2-3(7-1-6-2)8-5(11)9-4/h1-5,7H;1H,(H3,6,7,8,9,10,11). The van der Waals surface area contributed by atoms with Crippen molar-refractivity contribution >= 4 is 11.2 Å². The lowest BCUT2D eigenvalue weighted by Gasteiger charge is -1.83. The maximum Gasteiger partial charge on any atom is 0.327 e. The molecule has 0 bridgehead atoms. The molecule has 2 aromatic heterocycles. The number of H-pyrrole nitrogens is 3. The lowest BCUT2D eigenvalue weighted by molar-refractivity contribution is 0.475. The van der Waals surface area contributed by atoms with E-state index in [1.807, 2.05) is 6.07 Å². The number of phenols is 1. The number of fused-ring (bicyclic) bond motifs is 1. The van der Waals surface area contributed by atoms with Crippen molar-refractivity contribution in [3.05, 3.63) is 57.5 Å². The largest absolute Gasteiger partial charge is 0.508 e.